The summed E-state index contributed by atoms with van der Waals surface area (Å²) in [4.78, 5) is 0.0833. The highest BCUT2D eigenvalue weighted by Gasteiger charge is 2.30. The molecule has 0 aliphatic heterocycles. The maximum atomic E-state index is 12.4. The molecule has 0 aliphatic carbocycles. The second-order valence-corrected chi connectivity index (χ2v) is 7.29. The molecule has 0 spiro atoms. The van der Waals surface area contributed by atoms with Crippen LogP contribution in [-0.2, 0) is 10.0 Å². The van der Waals surface area contributed by atoms with Crippen LogP contribution in [-0.4, -0.2) is 20.5 Å². The zero-order chi connectivity index (χ0) is 15.4. The van der Waals surface area contributed by atoms with Crippen LogP contribution in [0.15, 0.2) is 29.2 Å². The third kappa shape index (κ3) is 5.64. The molecule has 21 heavy (non-hydrogen) atoms. The molecule has 7 heteroatoms. The van der Waals surface area contributed by atoms with Gasteiger partial charge in [0.1, 0.15) is 0 Å². The summed E-state index contributed by atoms with van der Waals surface area (Å²) in [6, 6.07) is 7.87. The number of halogens is 1. The minimum Gasteiger partial charge on any atom is -0.329 e. The van der Waals surface area contributed by atoms with Crippen LogP contribution in [0, 0.1) is 17.2 Å². The quantitative estimate of drug-likeness (QED) is 0.833. The monoisotopic (exact) mass is 331 g/mol. The number of sulfonamides is 1. The summed E-state index contributed by atoms with van der Waals surface area (Å²) in [7, 11) is -3.69. The SMILES string of the molecule is CC(C)CC(C)(CN)NS(=O)(=O)c1cccc(C#N)c1.Cl. The number of nitrogens with one attached hydrogen (secondary N) is 1. The molecule has 0 fully saturated rings. The Morgan fingerprint density at radius 1 is 1.43 bits per heavy atom. The lowest BCUT2D eigenvalue weighted by Crippen LogP contribution is -2.51. The van der Waals surface area contributed by atoms with E-state index >= 15 is 0 Å². The topological polar surface area (TPSA) is 96.0 Å². The number of hydrogen-bond donors (Lipinski definition) is 2. The van der Waals surface area contributed by atoms with Gasteiger partial charge in [0.05, 0.1) is 16.5 Å². The number of benzene rings is 1. The summed E-state index contributed by atoms with van der Waals surface area (Å²) in [5.74, 6) is 0.316. The van der Waals surface area contributed by atoms with Crippen LogP contribution < -0.4 is 10.5 Å². The van der Waals surface area contributed by atoms with Crippen LogP contribution >= 0.6 is 12.4 Å². The van der Waals surface area contributed by atoms with Crippen molar-refractivity contribution in [2.24, 2.45) is 11.7 Å². The van der Waals surface area contributed by atoms with Crippen LogP contribution in [0.25, 0.3) is 0 Å². The summed E-state index contributed by atoms with van der Waals surface area (Å²) >= 11 is 0. The molecular formula is C14H22ClN3O2S. The minimum absolute atomic E-state index is 0. The molecular weight excluding hydrogens is 310 g/mol. The van der Waals surface area contributed by atoms with Crippen molar-refractivity contribution in [1.82, 2.24) is 4.72 Å². The molecule has 0 bridgehead atoms. The molecule has 1 unspecified atom stereocenters. The van der Waals surface area contributed by atoms with Crippen molar-refractivity contribution in [2.75, 3.05) is 6.54 Å². The number of nitriles is 1. The Kier molecular flexibility index (Phi) is 7.34. The molecule has 5 nitrogen and oxygen atoms in total. The van der Waals surface area contributed by atoms with Gasteiger partial charge in [0.15, 0.2) is 0 Å². The van der Waals surface area contributed by atoms with Crippen LogP contribution in [0.5, 0.6) is 0 Å². The highest BCUT2D eigenvalue weighted by atomic mass is 35.5. The molecule has 1 rings (SSSR count). The average molecular weight is 332 g/mol. The van der Waals surface area contributed by atoms with Crippen molar-refractivity contribution in [3.63, 3.8) is 0 Å². The molecule has 0 heterocycles. The van der Waals surface area contributed by atoms with Gasteiger partial charge in [-0.1, -0.05) is 19.9 Å². The predicted molar refractivity (Wildman–Crippen MR) is 85.6 cm³/mol. The average Bonchev–Trinajstić information content (AvgIpc) is 2.37. The third-order valence-electron chi connectivity index (χ3n) is 2.96. The molecule has 118 valence electrons. The lowest BCUT2D eigenvalue weighted by atomic mass is 9.92. The smallest absolute Gasteiger partial charge is 0.241 e. The van der Waals surface area contributed by atoms with Gasteiger partial charge in [0, 0.05) is 12.1 Å². The van der Waals surface area contributed by atoms with E-state index in [9.17, 15) is 8.42 Å². The molecule has 1 aromatic rings. The molecule has 0 radical (unpaired) electrons. The van der Waals surface area contributed by atoms with E-state index in [1.54, 1.807) is 19.1 Å². The van der Waals surface area contributed by atoms with Crippen LogP contribution in [0.1, 0.15) is 32.8 Å². The molecule has 1 atom stereocenters. The van der Waals surface area contributed by atoms with Gasteiger partial charge in [-0.15, -0.1) is 12.4 Å². The summed E-state index contributed by atoms with van der Waals surface area (Å²) in [5, 5.41) is 8.84. The van der Waals surface area contributed by atoms with Gasteiger partial charge in [0.2, 0.25) is 10.0 Å². The Morgan fingerprint density at radius 2 is 2.05 bits per heavy atom. The van der Waals surface area contributed by atoms with E-state index in [-0.39, 0.29) is 23.8 Å². The van der Waals surface area contributed by atoms with Crippen molar-refractivity contribution in [3.8, 4) is 6.07 Å². The van der Waals surface area contributed by atoms with Crippen molar-refractivity contribution in [3.05, 3.63) is 29.8 Å². The standard InChI is InChI=1S/C14H21N3O2S.ClH/c1-11(2)8-14(3,10-16)17-20(18,19)13-6-4-5-12(7-13)9-15;/h4-7,11,17H,8,10,16H2,1-3H3;1H. The van der Waals surface area contributed by atoms with Crippen molar-refractivity contribution in [1.29, 1.82) is 5.26 Å². The molecule has 0 saturated heterocycles. The summed E-state index contributed by atoms with van der Waals surface area (Å²) in [5.41, 5.74) is 5.33. The lowest BCUT2D eigenvalue weighted by molar-refractivity contribution is 0.344. The lowest BCUT2D eigenvalue weighted by Gasteiger charge is -2.30. The fourth-order valence-corrected chi connectivity index (χ4v) is 3.66. The Hall–Kier alpha value is -1.13. The van der Waals surface area contributed by atoms with Crippen LogP contribution in [0.3, 0.4) is 0 Å². The van der Waals surface area contributed by atoms with Crippen molar-refractivity contribution >= 4 is 22.4 Å². The van der Waals surface area contributed by atoms with E-state index in [1.807, 2.05) is 19.9 Å². The maximum absolute atomic E-state index is 12.4. The number of hydrogen-bond acceptors (Lipinski definition) is 4. The van der Waals surface area contributed by atoms with Crippen LogP contribution in [0.2, 0.25) is 0 Å². The van der Waals surface area contributed by atoms with E-state index in [0.717, 1.165) is 0 Å². The minimum atomic E-state index is -3.69. The fraction of sp³-hybridized carbons (Fsp3) is 0.500. The molecule has 3 N–H and O–H groups in total. The highest BCUT2D eigenvalue weighted by Crippen LogP contribution is 2.20. The first-order chi connectivity index (χ1) is 9.22. The highest BCUT2D eigenvalue weighted by molar-refractivity contribution is 7.89. The van der Waals surface area contributed by atoms with Gasteiger partial charge in [-0.2, -0.15) is 5.26 Å². The van der Waals surface area contributed by atoms with E-state index in [4.69, 9.17) is 11.0 Å². The zero-order valence-corrected chi connectivity index (χ0v) is 14.1. The summed E-state index contributed by atoms with van der Waals surface area (Å²) < 4.78 is 27.4. The van der Waals surface area contributed by atoms with E-state index < -0.39 is 15.6 Å². The van der Waals surface area contributed by atoms with E-state index in [2.05, 4.69) is 4.72 Å². The van der Waals surface area contributed by atoms with Gasteiger partial charge < -0.3 is 5.73 Å². The van der Waals surface area contributed by atoms with Crippen molar-refractivity contribution < 1.29 is 8.42 Å². The fourth-order valence-electron chi connectivity index (χ4n) is 2.18. The molecule has 0 amide bonds. The first-order valence-corrected chi connectivity index (χ1v) is 7.95. The van der Waals surface area contributed by atoms with E-state index in [0.29, 0.717) is 17.9 Å². The second-order valence-electron chi connectivity index (χ2n) is 5.61. The molecule has 0 saturated carbocycles. The largest absolute Gasteiger partial charge is 0.329 e. The number of rotatable bonds is 6. The summed E-state index contributed by atoms with van der Waals surface area (Å²) in [6.07, 6.45) is 0.640. The Labute approximate surface area is 133 Å². The normalized spacial score (nSPS) is 14.1. The van der Waals surface area contributed by atoms with Crippen LogP contribution in [0.4, 0.5) is 0 Å². The molecule has 0 aromatic heterocycles. The maximum Gasteiger partial charge on any atom is 0.241 e. The summed E-state index contributed by atoms with van der Waals surface area (Å²) in [6.45, 7) is 6.03. The number of nitrogens with two attached hydrogens (primary N) is 1. The number of nitrogens with zero attached hydrogens (tertiary/aromatic N) is 1. The van der Waals surface area contributed by atoms with E-state index in [1.165, 1.54) is 12.1 Å². The third-order valence-corrected chi connectivity index (χ3v) is 4.60. The predicted octanol–water partition coefficient (Wildman–Crippen LogP) is 2.02. The van der Waals surface area contributed by atoms with Gasteiger partial charge in [-0.05, 0) is 37.5 Å². The van der Waals surface area contributed by atoms with Crippen molar-refractivity contribution in [2.45, 2.75) is 37.6 Å². The first kappa shape index (κ1) is 19.9. The second kappa shape index (κ2) is 7.76. The molecule has 1 aromatic carbocycles. The van der Waals surface area contributed by atoms with Gasteiger partial charge in [-0.25, -0.2) is 13.1 Å². The van der Waals surface area contributed by atoms with Gasteiger partial charge in [0.25, 0.3) is 0 Å². The Balaban J connectivity index is 0.00000400. The molecule has 0 aliphatic rings. The Morgan fingerprint density at radius 3 is 2.52 bits per heavy atom. The zero-order valence-electron chi connectivity index (χ0n) is 12.5. The van der Waals surface area contributed by atoms with Gasteiger partial charge >= 0.3 is 0 Å². The Bertz CT molecular complexity index is 611. The van der Waals surface area contributed by atoms with Gasteiger partial charge in [-0.3, -0.25) is 0 Å². The first-order valence-electron chi connectivity index (χ1n) is 6.46.